The van der Waals surface area contributed by atoms with Gasteiger partial charge in [-0.2, -0.15) is 0 Å². The van der Waals surface area contributed by atoms with Crippen LogP contribution < -0.4 is 0 Å². The standard InChI is InChI=1S/C25H40/c1-3-5-8-11-23-18-20-25(21-19-23)13-10-7-6-9-12-24-16-14-22(4-2)15-17-24/h9-10,12-13,22-25H,3-5,8,11,14-21H2,1-2H3/b12-9+,13-10+. The van der Waals surface area contributed by atoms with Crippen molar-refractivity contribution in [1.82, 2.24) is 0 Å². The van der Waals surface area contributed by atoms with Crippen LogP contribution in [0.3, 0.4) is 0 Å². The minimum absolute atomic E-state index is 0.782. The molecule has 0 atom stereocenters. The SMILES string of the molecule is CCCCCC1CCC(/C=C/C#C/C=C/C2CCC(CC)CC2)CC1. The number of hydrogen-bond donors (Lipinski definition) is 0. The minimum Gasteiger partial charge on any atom is -0.0730 e. The van der Waals surface area contributed by atoms with Crippen molar-refractivity contribution >= 4 is 0 Å². The maximum atomic E-state index is 3.23. The van der Waals surface area contributed by atoms with E-state index in [0.717, 1.165) is 23.7 Å². The van der Waals surface area contributed by atoms with Crippen molar-refractivity contribution in [2.45, 2.75) is 97.3 Å². The summed E-state index contributed by atoms with van der Waals surface area (Å²) >= 11 is 0. The summed E-state index contributed by atoms with van der Waals surface area (Å²) in [7, 11) is 0. The highest BCUT2D eigenvalue weighted by atomic mass is 14.2. The molecule has 2 aliphatic rings. The molecule has 2 saturated carbocycles. The van der Waals surface area contributed by atoms with Gasteiger partial charge in [0.05, 0.1) is 0 Å². The Morgan fingerprint density at radius 2 is 1.20 bits per heavy atom. The molecule has 2 aliphatic carbocycles. The quantitative estimate of drug-likeness (QED) is 0.329. The van der Waals surface area contributed by atoms with Crippen LogP contribution in [-0.4, -0.2) is 0 Å². The Labute approximate surface area is 157 Å². The largest absolute Gasteiger partial charge is 0.0730 e. The first-order valence-electron chi connectivity index (χ1n) is 11.2. The van der Waals surface area contributed by atoms with Crippen LogP contribution in [0.25, 0.3) is 0 Å². The number of unbranched alkanes of at least 4 members (excludes halogenated alkanes) is 2. The Hall–Kier alpha value is -0.960. The smallest absolute Gasteiger partial charge is 0.0153 e. The van der Waals surface area contributed by atoms with Crippen LogP contribution in [0.15, 0.2) is 24.3 Å². The lowest BCUT2D eigenvalue weighted by Gasteiger charge is -2.26. The Morgan fingerprint density at radius 3 is 1.68 bits per heavy atom. The lowest BCUT2D eigenvalue weighted by molar-refractivity contribution is 0.289. The highest BCUT2D eigenvalue weighted by Gasteiger charge is 2.19. The number of allylic oxidation sites excluding steroid dienone is 4. The Bertz CT molecular complexity index is 442. The van der Waals surface area contributed by atoms with E-state index in [2.05, 4.69) is 50.0 Å². The van der Waals surface area contributed by atoms with E-state index in [1.54, 1.807) is 0 Å². The van der Waals surface area contributed by atoms with Crippen molar-refractivity contribution in [3.63, 3.8) is 0 Å². The molecule has 0 heterocycles. The van der Waals surface area contributed by atoms with Gasteiger partial charge in [0.2, 0.25) is 0 Å². The molecular weight excluding hydrogens is 300 g/mol. The molecule has 2 rings (SSSR count). The van der Waals surface area contributed by atoms with Gasteiger partial charge in [-0.1, -0.05) is 69.9 Å². The van der Waals surface area contributed by atoms with Crippen LogP contribution in [0.1, 0.15) is 97.3 Å². The van der Waals surface area contributed by atoms with E-state index in [1.165, 1.54) is 83.5 Å². The molecule has 0 radical (unpaired) electrons. The summed E-state index contributed by atoms with van der Waals surface area (Å²) in [5.41, 5.74) is 0. The molecule has 0 spiro atoms. The molecule has 0 amide bonds. The van der Waals surface area contributed by atoms with E-state index < -0.39 is 0 Å². The van der Waals surface area contributed by atoms with Crippen LogP contribution in [0.4, 0.5) is 0 Å². The fourth-order valence-electron chi connectivity index (χ4n) is 4.61. The summed E-state index contributed by atoms with van der Waals surface area (Å²) in [5.74, 6) is 10.0. The molecule has 25 heavy (non-hydrogen) atoms. The van der Waals surface area contributed by atoms with Gasteiger partial charge >= 0.3 is 0 Å². The normalized spacial score (nSPS) is 30.5. The summed E-state index contributed by atoms with van der Waals surface area (Å²) in [4.78, 5) is 0. The molecule has 0 saturated heterocycles. The molecule has 0 aromatic carbocycles. The van der Waals surface area contributed by atoms with Gasteiger partial charge in [0.25, 0.3) is 0 Å². The number of rotatable bonds is 7. The second-order valence-electron chi connectivity index (χ2n) is 8.47. The topological polar surface area (TPSA) is 0 Å². The molecule has 0 aliphatic heterocycles. The fraction of sp³-hybridized carbons (Fsp3) is 0.760. The predicted molar refractivity (Wildman–Crippen MR) is 111 cm³/mol. The summed E-state index contributed by atoms with van der Waals surface area (Å²) < 4.78 is 0. The van der Waals surface area contributed by atoms with E-state index in [9.17, 15) is 0 Å². The van der Waals surface area contributed by atoms with Gasteiger partial charge in [-0.05, 0) is 87.2 Å². The van der Waals surface area contributed by atoms with Crippen molar-refractivity contribution in [2.24, 2.45) is 23.7 Å². The Kier molecular flexibility index (Phi) is 10.1. The molecule has 2 fully saturated rings. The molecule has 140 valence electrons. The van der Waals surface area contributed by atoms with Crippen LogP contribution >= 0.6 is 0 Å². The highest BCUT2D eigenvalue weighted by molar-refractivity contribution is 5.24. The van der Waals surface area contributed by atoms with Gasteiger partial charge in [-0.25, -0.2) is 0 Å². The van der Waals surface area contributed by atoms with Crippen molar-refractivity contribution < 1.29 is 0 Å². The average Bonchev–Trinajstić information content (AvgIpc) is 2.66. The van der Waals surface area contributed by atoms with Gasteiger partial charge in [-0.3, -0.25) is 0 Å². The molecule has 0 bridgehead atoms. The van der Waals surface area contributed by atoms with Crippen LogP contribution in [0, 0.1) is 35.5 Å². The first-order valence-corrected chi connectivity index (χ1v) is 11.2. The second kappa shape index (κ2) is 12.4. The minimum atomic E-state index is 0.782. The highest BCUT2D eigenvalue weighted by Crippen LogP contribution is 2.33. The molecule has 0 aromatic heterocycles. The third-order valence-corrected chi connectivity index (χ3v) is 6.56. The summed E-state index contributed by atoms with van der Waals surface area (Å²) in [6.07, 6.45) is 27.2. The number of hydrogen-bond acceptors (Lipinski definition) is 0. The summed E-state index contributed by atoms with van der Waals surface area (Å²) in [6.45, 7) is 4.63. The summed E-state index contributed by atoms with van der Waals surface area (Å²) in [6, 6.07) is 0. The van der Waals surface area contributed by atoms with Crippen molar-refractivity contribution in [3.8, 4) is 11.8 Å². The maximum absolute atomic E-state index is 3.23. The third kappa shape index (κ3) is 8.31. The zero-order chi connectivity index (χ0) is 17.7. The van der Waals surface area contributed by atoms with E-state index in [1.807, 2.05) is 0 Å². The lowest BCUT2D eigenvalue weighted by Crippen LogP contribution is -2.12. The Balaban J connectivity index is 1.59. The molecule has 0 unspecified atom stereocenters. The van der Waals surface area contributed by atoms with Gasteiger partial charge in [0.15, 0.2) is 0 Å². The van der Waals surface area contributed by atoms with Gasteiger partial charge in [0.1, 0.15) is 0 Å². The lowest BCUT2D eigenvalue weighted by atomic mass is 9.79. The third-order valence-electron chi connectivity index (χ3n) is 6.56. The predicted octanol–water partition coefficient (Wildman–Crippen LogP) is 7.71. The van der Waals surface area contributed by atoms with Crippen molar-refractivity contribution in [1.29, 1.82) is 0 Å². The molecule has 0 aromatic rings. The maximum Gasteiger partial charge on any atom is -0.0153 e. The van der Waals surface area contributed by atoms with E-state index in [-0.39, 0.29) is 0 Å². The van der Waals surface area contributed by atoms with Gasteiger partial charge in [-0.15, -0.1) is 0 Å². The Morgan fingerprint density at radius 1 is 0.680 bits per heavy atom. The first kappa shape index (κ1) is 20.4. The van der Waals surface area contributed by atoms with Crippen molar-refractivity contribution in [2.75, 3.05) is 0 Å². The molecule has 0 heteroatoms. The second-order valence-corrected chi connectivity index (χ2v) is 8.47. The molecule has 0 nitrogen and oxygen atoms in total. The van der Waals surface area contributed by atoms with Crippen LogP contribution in [0.2, 0.25) is 0 Å². The molecular formula is C25H40. The van der Waals surface area contributed by atoms with E-state index in [4.69, 9.17) is 0 Å². The first-order chi connectivity index (χ1) is 12.3. The average molecular weight is 341 g/mol. The zero-order valence-electron chi connectivity index (χ0n) is 16.8. The van der Waals surface area contributed by atoms with Crippen LogP contribution in [0.5, 0.6) is 0 Å². The van der Waals surface area contributed by atoms with Gasteiger partial charge < -0.3 is 0 Å². The monoisotopic (exact) mass is 340 g/mol. The van der Waals surface area contributed by atoms with E-state index in [0.29, 0.717) is 0 Å². The van der Waals surface area contributed by atoms with Gasteiger partial charge in [0, 0.05) is 0 Å². The molecule has 0 N–H and O–H groups in total. The fourth-order valence-corrected chi connectivity index (χ4v) is 4.61. The van der Waals surface area contributed by atoms with Crippen molar-refractivity contribution in [3.05, 3.63) is 24.3 Å². The van der Waals surface area contributed by atoms with E-state index >= 15 is 0 Å². The zero-order valence-corrected chi connectivity index (χ0v) is 16.8. The van der Waals surface area contributed by atoms with Crippen LogP contribution in [-0.2, 0) is 0 Å². The summed E-state index contributed by atoms with van der Waals surface area (Å²) in [5, 5.41) is 0.